The van der Waals surface area contributed by atoms with Gasteiger partial charge >= 0.3 is 0 Å². The van der Waals surface area contributed by atoms with E-state index in [9.17, 15) is 0 Å². The number of ether oxygens (including phenoxy) is 1. The van der Waals surface area contributed by atoms with Crippen LogP contribution in [0.5, 0.6) is 0 Å². The van der Waals surface area contributed by atoms with Gasteiger partial charge in [-0.3, -0.25) is 0 Å². The molecule has 0 saturated carbocycles. The van der Waals surface area contributed by atoms with E-state index < -0.39 is 0 Å². The van der Waals surface area contributed by atoms with Gasteiger partial charge in [-0.15, -0.1) is 0 Å². The first-order valence-corrected chi connectivity index (χ1v) is 4.12. The third-order valence-corrected chi connectivity index (χ3v) is 1.98. The van der Waals surface area contributed by atoms with E-state index in [1.807, 2.05) is 0 Å². The molecular weight excluding hydrogens is 156 g/mol. The van der Waals surface area contributed by atoms with E-state index >= 15 is 0 Å². The van der Waals surface area contributed by atoms with Crippen molar-refractivity contribution in [1.29, 1.82) is 0 Å². The number of likely N-dealkylation sites (tertiary alicyclic amines) is 1. The van der Waals surface area contributed by atoms with Crippen molar-refractivity contribution in [1.82, 2.24) is 4.90 Å². The molecule has 1 aliphatic heterocycles. The van der Waals surface area contributed by atoms with E-state index in [0.29, 0.717) is 0 Å². The zero-order chi connectivity index (χ0) is 8.81. The maximum atomic E-state index is 8.12. The first-order valence-electron chi connectivity index (χ1n) is 4.12. The molecule has 0 aromatic carbocycles. The predicted octanol–water partition coefficient (Wildman–Crippen LogP) is 1.02. The number of azide groups is 1. The van der Waals surface area contributed by atoms with Gasteiger partial charge in [-0.25, -0.2) is 0 Å². The van der Waals surface area contributed by atoms with Crippen molar-refractivity contribution >= 4 is 0 Å². The minimum absolute atomic E-state index is 0.206. The average Bonchev–Trinajstić information content (AvgIpc) is 2.00. The Kier molecular flexibility index (Phi) is 3.87. The molecule has 5 nitrogen and oxygen atoms in total. The second kappa shape index (κ2) is 4.98. The quantitative estimate of drug-likeness (QED) is 0.267. The third-order valence-electron chi connectivity index (χ3n) is 1.98. The Labute approximate surface area is 71.9 Å². The van der Waals surface area contributed by atoms with Gasteiger partial charge in [0.15, 0.2) is 0 Å². The fraction of sp³-hybridized carbons (Fsp3) is 1.00. The van der Waals surface area contributed by atoms with Gasteiger partial charge in [0.2, 0.25) is 0 Å². The molecule has 1 saturated heterocycles. The van der Waals surface area contributed by atoms with Crippen LogP contribution >= 0.6 is 0 Å². The Morgan fingerprint density at radius 3 is 3.00 bits per heavy atom. The van der Waals surface area contributed by atoms with Gasteiger partial charge in [-0.05, 0) is 12.0 Å². The number of nitrogens with zero attached hydrogens (tertiary/aromatic N) is 4. The summed E-state index contributed by atoms with van der Waals surface area (Å²) >= 11 is 0. The van der Waals surface area contributed by atoms with Crippen LogP contribution in [-0.2, 0) is 4.74 Å². The largest absolute Gasteiger partial charge is 0.385 e. The van der Waals surface area contributed by atoms with Gasteiger partial charge in [0.25, 0.3) is 0 Å². The molecule has 0 amide bonds. The zero-order valence-corrected chi connectivity index (χ0v) is 7.31. The normalized spacial score (nSPS) is 18.4. The lowest BCUT2D eigenvalue weighted by Gasteiger charge is -2.36. The van der Waals surface area contributed by atoms with E-state index in [0.717, 1.165) is 32.7 Å². The van der Waals surface area contributed by atoms with Crippen LogP contribution in [-0.4, -0.2) is 44.3 Å². The summed E-state index contributed by atoms with van der Waals surface area (Å²) in [7, 11) is 1.71. The molecule has 0 aromatic rings. The highest BCUT2D eigenvalue weighted by atomic mass is 16.5. The number of hydrogen-bond acceptors (Lipinski definition) is 3. The predicted molar refractivity (Wildman–Crippen MR) is 45.9 cm³/mol. The van der Waals surface area contributed by atoms with Crippen molar-refractivity contribution in [2.45, 2.75) is 12.5 Å². The van der Waals surface area contributed by atoms with Crippen LogP contribution in [0.25, 0.3) is 10.4 Å². The van der Waals surface area contributed by atoms with E-state index in [1.165, 1.54) is 0 Å². The lowest BCUT2D eigenvalue weighted by molar-refractivity contribution is 0.123. The summed E-state index contributed by atoms with van der Waals surface area (Å²) in [6, 6.07) is 0.206. The lowest BCUT2D eigenvalue weighted by Crippen LogP contribution is -2.49. The Morgan fingerprint density at radius 1 is 1.67 bits per heavy atom. The highest BCUT2D eigenvalue weighted by Crippen LogP contribution is 2.11. The second-order valence-electron chi connectivity index (χ2n) is 2.96. The van der Waals surface area contributed by atoms with E-state index in [-0.39, 0.29) is 6.04 Å². The average molecular weight is 170 g/mol. The molecule has 1 aliphatic rings. The smallest absolute Gasteiger partial charge is 0.0628 e. The van der Waals surface area contributed by atoms with Crippen LogP contribution < -0.4 is 0 Å². The van der Waals surface area contributed by atoms with Crippen molar-refractivity contribution < 1.29 is 4.74 Å². The van der Waals surface area contributed by atoms with Crippen molar-refractivity contribution in [2.24, 2.45) is 5.11 Å². The standard InChI is InChI=1S/C7H14N4O/c1-12-4-2-3-11-5-7(6-11)9-10-8/h7H,2-6H2,1H3. The molecule has 0 radical (unpaired) electrons. The van der Waals surface area contributed by atoms with Crippen molar-refractivity contribution in [3.05, 3.63) is 10.4 Å². The Balaban J connectivity index is 1.98. The van der Waals surface area contributed by atoms with Crippen LogP contribution in [0, 0.1) is 0 Å². The lowest BCUT2D eigenvalue weighted by atomic mass is 10.1. The molecule has 5 heteroatoms. The summed E-state index contributed by atoms with van der Waals surface area (Å²) in [6.07, 6.45) is 1.06. The Bertz CT molecular complexity index is 172. The molecule has 1 fully saturated rings. The van der Waals surface area contributed by atoms with Gasteiger partial charge < -0.3 is 9.64 Å². The summed E-state index contributed by atoms with van der Waals surface area (Å²) in [6.45, 7) is 3.68. The summed E-state index contributed by atoms with van der Waals surface area (Å²) in [5, 5.41) is 3.62. The van der Waals surface area contributed by atoms with Crippen LogP contribution in [0.3, 0.4) is 0 Å². The van der Waals surface area contributed by atoms with Crippen LogP contribution in [0.4, 0.5) is 0 Å². The fourth-order valence-corrected chi connectivity index (χ4v) is 1.30. The molecule has 0 N–H and O–H groups in total. The molecule has 1 rings (SSSR count). The van der Waals surface area contributed by atoms with Gasteiger partial charge in [-0.1, -0.05) is 5.11 Å². The minimum atomic E-state index is 0.206. The van der Waals surface area contributed by atoms with E-state index in [2.05, 4.69) is 14.9 Å². The summed E-state index contributed by atoms with van der Waals surface area (Å²) in [4.78, 5) is 5.02. The van der Waals surface area contributed by atoms with Gasteiger partial charge in [-0.2, -0.15) is 0 Å². The molecule has 0 aliphatic carbocycles. The SMILES string of the molecule is COCCCN1CC(N=[N+]=[N-])C1. The zero-order valence-electron chi connectivity index (χ0n) is 7.31. The molecule has 0 aromatic heterocycles. The second-order valence-corrected chi connectivity index (χ2v) is 2.96. The van der Waals surface area contributed by atoms with E-state index in [4.69, 9.17) is 10.3 Å². The first kappa shape index (κ1) is 9.32. The monoisotopic (exact) mass is 170 g/mol. The third kappa shape index (κ3) is 2.70. The summed E-state index contributed by atoms with van der Waals surface area (Å²) in [5.74, 6) is 0. The van der Waals surface area contributed by atoms with Gasteiger partial charge in [0.05, 0.1) is 6.04 Å². The molecular formula is C7H14N4O. The number of rotatable bonds is 5. The van der Waals surface area contributed by atoms with Crippen LogP contribution in [0.15, 0.2) is 5.11 Å². The number of hydrogen-bond donors (Lipinski definition) is 0. The molecule has 0 spiro atoms. The van der Waals surface area contributed by atoms with Crippen molar-refractivity contribution in [3.63, 3.8) is 0 Å². The highest BCUT2D eigenvalue weighted by Gasteiger charge is 2.24. The molecule has 1 heterocycles. The number of methoxy groups -OCH3 is 1. The summed E-state index contributed by atoms with van der Waals surface area (Å²) in [5.41, 5.74) is 8.12. The Morgan fingerprint density at radius 2 is 2.42 bits per heavy atom. The maximum absolute atomic E-state index is 8.12. The highest BCUT2D eigenvalue weighted by molar-refractivity contribution is 4.85. The van der Waals surface area contributed by atoms with Crippen LogP contribution in [0.1, 0.15) is 6.42 Å². The first-order chi connectivity index (χ1) is 5.86. The molecule has 68 valence electrons. The van der Waals surface area contributed by atoms with Gasteiger partial charge in [0.1, 0.15) is 0 Å². The van der Waals surface area contributed by atoms with Gasteiger partial charge in [0, 0.05) is 38.3 Å². The molecule has 0 unspecified atom stereocenters. The van der Waals surface area contributed by atoms with Crippen LogP contribution in [0.2, 0.25) is 0 Å². The molecule has 0 atom stereocenters. The Hall–Kier alpha value is -0.770. The van der Waals surface area contributed by atoms with E-state index in [1.54, 1.807) is 7.11 Å². The summed E-state index contributed by atoms with van der Waals surface area (Å²) < 4.78 is 4.93. The minimum Gasteiger partial charge on any atom is -0.385 e. The topological polar surface area (TPSA) is 61.2 Å². The van der Waals surface area contributed by atoms with Crippen molar-refractivity contribution in [2.75, 3.05) is 33.4 Å². The molecule has 12 heavy (non-hydrogen) atoms. The van der Waals surface area contributed by atoms with Crippen molar-refractivity contribution in [3.8, 4) is 0 Å². The molecule has 0 bridgehead atoms. The maximum Gasteiger partial charge on any atom is 0.0628 e. The fourth-order valence-electron chi connectivity index (χ4n) is 1.30.